The molecule has 0 spiro atoms. The highest BCUT2D eigenvalue weighted by atomic mass is 79.9. The Morgan fingerprint density at radius 2 is 1.67 bits per heavy atom. The third-order valence-corrected chi connectivity index (χ3v) is 2.04. The zero-order chi connectivity index (χ0) is 8.55. The number of para-hydroxylation sites is 2. The van der Waals surface area contributed by atoms with Crippen molar-refractivity contribution in [3.8, 4) is 5.88 Å². The smallest absolute Gasteiger partial charge is 0.245 e. The predicted molar refractivity (Wildman–Crippen MR) is 48.9 cm³/mol. The van der Waals surface area contributed by atoms with Gasteiger partial charge in [-0.2, -0.15) is 0 Å². The van der Waals surface area contributed by atoms with Crippen LogP contribution >= 0.6 is 15.9 Å². The van der Waals surface area contributed by atoms with E-state index in [-0.39, 0.29) is 5.88 Å². The van der Waals surface area contributed by atoms with E-state index in [1.165, 1.54) is 0 Å². The molecule has 0 saturated heterocycles. The van der Waals surface area contributed by atoms with Gasteiger partial charge in [0.1, 0.15) is 0 Å². The Kier molecular flexibility index (Phi) is 1.69. The summed E-state index contributed by atoms with van der Waals surface area (Å²) in [6.45, 7) is 0. The molecule has 0 amide bonds. The van der Waals surface area contributed by atoms with E-state index in [0.29, 0.717) is 10.1 Å². The highest BCUT2D eigenvalue weighted by molar-refractivity contribution is 9.10. The number of fused-ring (bicyclic) bond motifs is 1. The number of hydrogen-bond donors (Lipinski definition) is 1. The fourth-order valence-electron chi connectivity index (χ4n) is 0.969. The molecule has 12 heavy (non-hydrogen) atoms. The van der Waals surface area contributed by atoms with Gasteiger partial charge in [0.05, 0.1) is 11.0 Å². The van der Waals surface area contributed by atoms with Crippen LogP contribution in [0.1, 0.15) is 0 Å². The second-order valence-corrected chi connectivity index (χ2v) is 3.08. The lowest BCUT2D eigenvalue weighted by Crippen LogP contribution is -1.84. The Balaban J connectivity index is 2.84. The summed E-state index contributed by atoms with van der Waals surface area (Å²) in [7, 11) is 0. The molecule has 2 rings (SSSR count). The topological polar surface area (TPSA) is 46.0 Å². The minimum absolute atomic E-state index is 0.0753. The predicted octanol–water partition coefficient (Wildman–Crippen LogP) is 2.10. The van der Waals surface area contributed by atoms with E-state index < -0.39 is 0 Å². The average Bonchev–Trinajstić information content (AvgIpc) is 2.07. The van der Waals surface area contributed by atoms with Gasteiger partial charge in [0, 0.05) is 0 Å². The lowest BCUT2D eigenvalue weighted by Gasteiger charge is -1.97. The van der Waals surface area contributed by atoms with E-state index >= 15 is 0 Å². The fraction of sp³-hybridized carbons (Fsp3) is 0. The molecule has 0 bridgehead atoms. The fourth-order valence-corrected chi connectivity index (χ4v) is 1.25. The van der Waals surface area contributed by atoms with Crippen molar-refractivity contribution in [1.82, 2.24) is 9.97 Å². The number of aromatic nitrogens is 2. The highest BCUT2D eigenvalue weighted by Crippen LogP contribution is 2.21. The maximum Gasteiger partial charge on any atom is 0.245 e. The molecule has 0 unspecified atom stereocenters. The van der Waals surface area contributed by atoms with Crippen LogP contribution in [0.5, 0.6) is 5.88 Å². The summed E-state index contributed by atoms with van der Waals surface area (Å²) in [6, 6.07) is 7.37. The van der Waals surface area contributed by atoms with Crippen LogP contribution in [0.25, 0.3) is 11.0 Å². The first kappa shape index (κ1) is 7.49. The van der Waals surface area contributed by atoms with Crippen LogP contribution in [0.2, 0.25) is 0 Å². The first-order valence-electron chi connectivity index (χ1n) is 3.38. The van der Waals surface area contributed by atoms with Gasteiger partial charge >= 0.3 is 0 Å². The summed E-state index contributed by atoms with van der Waals surface area (Å²) in [5, 5.41) is 9.20. The summed E-state index contributed by atoms with van der Waals surface area (Å²) in [6.07, 6.45) is 0. The van der Waals surface area contributed by atoms with Crippen molar-refractivity contribution < 1.29 is 5.11 Å². The summed E-state index contributed by atoms with van der Waals surface area (Å²) < 4.78 is 0.376. The van der Waals surface area contributed by atoms with Crippen LogP contribution < -0.4 is 0 Å². The first-order chi connectivity index (χ1) is 5.77. The molecule has 1 heterocycles. The minimum atomic E-state index is -0.0753. The molecule has 60 valence electrons. The van der Waals surface area contributed by atoms with E-state index in [9.17, 15) is 5.11 Å². The molecule has 0 aliphatic rings. The average molecular weight is 225 g/mol. The Labute approximate surface area is 77.2 Å². The van der Waals surface area contributed by atoms with Crippen molar-refractivity contribution in [2.24, 2.45) is 0 Å². The minimum Gasteiger partial charge on any atom is -0.491 e. The van der Waals surface area contributed by atoms with E-state index in [1.807, 2.05) is 18.2 Å². The van der Waals surface area contributed by atoms with Crippen molar-refractivity contribution in [2.75, 3.05) is 0 Å². The van der Waals surface area contributed by atoms with Gasteiger partial charge in [-0.3, -0.25) is 0 Å². The second kappa shape index (κ2) is 2.71. The number of aromatic hydroxyl groups is 1. The van der Waals surface area contributed by atoms with Gasteiger partial charge in [-0.25, -0.2) is 9.97 Å². The van der Waals surface area contributed by atoms with Crippen LogP contribution in [-0.4, -0.2) is 15.1 Å². The first-order valence-corrected chi connectivity index (χ1v) is 4.18. The SMILES string of the molecule is Oc1nc2ccccc2nc1Br. The van der Waals surface area contributed by atoms with E-state index in [0.717, 1.165) is 5.52 Å². The maximum atomic E-state index is 9.20. The lowest BCUT2D eigenvalue weighted by molar-refractivity contribution is 0.449. The number of halogens is 1. The molecule has 0 fully saturated rings. The van der Waals surface area contributed by atoms with E-state index in [2.05, 4.69) is 25.9 Å². The molecular formula is C8H5BrN2O. The molecule has 0 atom stereocenters. The van der Waals surface area contributed by atoms with Crippen molar-refractivity contribution in [3.63, 3.8) is 0 Å². The number of hydrogen-bond acceptors (Lipinski definition) is 3. The number of nitrogens with zero attached hydrogens (tertiary/aromatic N) is 2. The monoisotopic (exact) mass is 224 g/mol. The van der Waals surface area contributed by atoms with Crippen LogP contribution in [0, 0.1) is 0 Å². The summed E-state index contributed by atoms with van der Waals surface area (Å²) in [4.78, 5) is 8.00. The quantitative estimate of drug-likeness (QED) is 0.746. The van der Waals surface area contributed by atoms with Crippen molar-refractivity contribution >= 4 is 27.0 Å². The molecule has 0 aliphatic carbocycles. The lowest BCUT2D eigenvalue weighted by atomic mass is 10.3. The van der Waals surface area contributed by atoms with E-state index in [1.54, 1.807) is 6.07 Å². The molecule has 4 heteroatoms. The molecule has 0 radical (unpaired) electrons. The van der Waals surface area contributed by atoms with Crippen LogP contribution in [0.15, 0.2) is 28.9 Å². The molecule has 0 aliphatic heterocycles. The Bertz CT molecular complexity index is 390. The highest BCUT2D eigenvalue weighted by Gasteiger charge is 2.02. The van der Waals surface area contributed by atoms with Gasteiger partial charge in [0.15, 0.2) is 4.60 Å². The third-order valence-electron chi connectivity index (χ3n) is 1.51. The van der Waals surface area contributed by atoms with E-state index in [4.69, 9.17) is 0 Å². The number of rotatable bonds is 0. The van der Waals surface area contributed by atoms with Gasteiger partial charge in [-0.1, -0.05) is 12.1 Å². The number of benzene rings is 1. The van der Waals surface area contributed by atoms with Crippen LogP contribution in [0.4, 0.5) is 0 Å². The van der Waals surface area contributed by atoms with Gasteiger partial charge in [-0.15, -0.1) is 0 Å². The van der Waals surface area contributed by atoms with Crippen LogP contribution in [0.3, 0.4) is 0 Å². The van der Waals surface area contributed by atoms with Crippen molar-refractivity contribution in [1.29, 1.82) is 0 Å². The standard InChI is InChI=1S/C8H5BrN2O/c9-7-8(12)11-6-4-2-1-3-5(6)10-7/h1-4H,(H,11,12). The van der Waals surface area contributed by atoms with Gasteiger partial charge in [0.2, 0.25) is 5.88 Å². The van der Waals surface area contributed by atoms with Crippen molar-refractivity contribution in [3.05, 3.63) is 28.9 Å². The zero-order valence-corrected chi connectivity index (χ0v) is 7.62. The Morgan fingerprint density at radius 3 is 2.33 bits per heavy atom. The van der Waals surface area contributed by atoms with Gasteiger partial charge in [0.25, 0.3) is 0 Å². The third kappa shape index (κ3) is 1.14. The van der Waals surface area contributed by atoms with Crippen molar-refractivity contribution in [2.45, 2.75) is 0 Å². The van der Waals surface area contributed by atoms with Crippen LogP contribution in [-0.2, 0) is 0 Å². The second-order valence-electron chi connectivity index (χ2n) is 2.33. The summed E-state index contributed by atoms with van der Waals surface area (Å²) in [5.41, 5.74) is 1.46. The molecular weight excluding hydrogens is 220 g/mol. The molecule has 1 aromatic carbocycles. The largest absolute Gasteiger partial charge is 0.491 e. The van der Waals surface area contributed by atoms with Gasteiger partial charge in [-0.05, 0) is 28.1 Å². The maximum absolute atomic E-state index is 9.20. The normalized spacial score (nSPS) is 10.4. The molecule has 0 saturated carbocycles. The zero-order valence-electron chi connectivity index (χ0n) is 6.03. The molecule has 1 N–H and O–H groups in total. The summed E-state index contributed by atoms with van der Waals surface area (Å²) >= 11 is 3.09. The Morgan fingerprint density at radius 1 is 1.08 bits per heavy atom. The molecule has 1 aromatic heterocycles. The summed E-state index contributed by atoms with van der Waals surface area (Å²) in [5.74, 6) is -0.0753. The Hall–Kier alpha value is -1.16. The molecule has 2 aromatic rings. The molecule has 3 nitrogen and oxygen atoms in total. The van der Waals surface area contributed by atoms with Gasteiger partial charge < -0.3 is 5.11 Å².